The summed E-state index contributed by atoms with van der Waals surface area (Å²) in [5.41, 5.74) is -0.211. The van der Waals surface area contributed by atoms with Crippen LogP contribution in [0.25, 0.3) is 0 Å². The second-order valence-corrected chi connectivity index (χ2v) is 8.47. The number of hydrogen-bond acceptors (Lipinski definition) is 6. The van der Waals surface area contributed by atoms with Crippen LogP contribution in [-0.4, -0.2) is 26.9 Å². The summed E-state index contributed by atoms with van der Waals surface area (Å²) in [4.78, 5) is 10.3. The zero-order valence-electron chi connectivity index (χ0n) is 12.0. The van der Waals surface area contributed by atoms with Gasteiger partial charge < -0.3 is 5.32 Å². The Labute approximate surface area is 127 Å². The van der Waals surface area contributed by atoms with Crippen molar-refractivity contribution in [3.63, 3.8) is 0 Å². The molecule has 2 atom stereocenters. The lowest BCUT2D eigenvalue weighted by Gasteiger charge is -2.10. The van der Waals surface area contributed by atoms with E-state index in [1.165, 1.54) is 7.05 Å². The third kappa shape index (κ3) is 3.72. The van der Waals surface area contributed by atoms with E-state index >= 15 is 0 Å². The standard InChI is InChI=1S/C12H19N3O4S2/c1-8-3-4-9(5-8)7-14-21(18,19)11-6-10(15(16)17)12(13-2)20-11/h6,8-9,13-14H,3-5,7H2,1-2H3. The highest BCUT2D eigenvalue weighted by Gasteiger charge is 2.27. The molecule has 0 aliphatic heterocycles. The van der Waals surface area contributed by atoms with Crippen molar-refractivity contribution in [1.29, 1.82) is 0 Å². The number of rotatable bonds is 6. The molecule has 0 amide bonds. The molecule has 1 fully saturated rings. The summed E-state index contributed by atoms with van der Waals surface area (Å²) in [7, 11) is -2.16. The maximum atomic E-state index is 12.2. The zero-order valence-corrected chi connectivity index (χ0v) is 13.6. The van der Waals surface area contributed by atoms with Crippen molar-refractivity contribution >= 4 is 32.0 Å². The topological polar surface area (TPSA) is 101 Å². The Kier molecular flexibility index (Phi) is 4.84. The maximum absolute atomic E-state index is 12.2. The molecule has 2 unspecified atom stereocenters. The second-order valence-electron chi connectivity index (χ2n) is 5.42. The molecule has 21 heavy (non-hydrogen) atoms. The van der Waals surface area contributed by atoms with Crippen LogP contribution in [-0.2, 0) is 10.0 Å². The van der Waals surface area contributed by atoms with Gasteiger partial charge in [-0.1, -0.05) is 24.7 Å². The molecule has 2 rings (SSSR count). The molecule has 0 radical (unpaired) electrons. The Morgan fingerprint density at radius 1 is 1.48 bits per heavy atom. The van der Waals surface area contributed by atoms with Gasteiger partial charge in [-0.25, -0.2) is 13.1 Å². The molecule has 0 spiro atoms. The molecule has 0 aromatic carbocycles. The molecule has 1 heterocycles. The number of nitrogens with one attached hydrogen (secondary N) is 2. The molecule has 1 aliphatic carbocycles. The summed E-state index contributed by atoms with van der Waals surface area (Å²) >= 11 is 0.875. The third-order valence-corrected chi connectivity index (χ3v) is 6.78. The van der Waals surface area contributed by atoms with Crippen LogP contribution in [0.4, 0.5) is 10.7 Å². The highest BCUT2D eigenvalue weighted by molar-refractivity contribution is 7.91. The Balaban J connectivity index is 2.10. The van der Waals surface area contributed by atoms with E-state index in [9.17, 15) is 18.5 Å². The highest BCUT2D eigenvalue weighted by Crippen LogP contribution is 2.37. The summed E-state index contributed by atoms with van der Waals surface area (Å²) in [6.45, 7) is 2.56. The molecule has 0 saturated heterocycles. The van der Waals surface area contributed by atoms with E-state index in [1.54, 1.807) is 0 Å². The van der Waals surface area contributed by atoms with Crippen LogP contribution in [0.1, 0.15) is 26.2 Å². The molecule has 1 aromatic rings. The van der Waals surface area contributed by atoms with Gasteiger partial charge in [-0.05, 0) is 24.7 Å². The van der Waals surface area contributed by atoms with Crippen LogP contribution in [0.5, 0.6) is 0 Å². The molecular formula is C12H19N3O4S2. The van der Waals surface area contributed by atoms with Gasteiger partial charge in [0.05, 0.1) is 4.92 Å². The fourth-order valence-corrected chi connectivity index (χ4v) is 5.06. The first kappa shape index (κ1) is 16.2. The van der Waals surface area contributed by atoms with E-state index in [0.29, 0.717) is 18.4 Å². The number of anilines is 1. The molecule has 2 N–H and O–H groups in total. The average Bonchev–Trinajstić information content (AvgIpc) is 3.02. The Bertz CT molecular complexity index is 626. The summed E-state index contributed by atoms with van der Waals surface area (Å²) in [6, 6.07) is 1.11. The molecule has 1 aliphatic rings. The van der Waals surface area contributed by atoms with E-state index in [4.69, 9.17) is 0 Å². The molecule has 0 bridgehead atoms. The van der Waals surface area contributed by atoms with E-state index in [2.05, 4.69) is 17.0 Å². The van der Waals surface area contributed by atoms with Crippen LogP contribution >= 0.6 is 11.3 Å². The van der Waals surface area contributed by atoms with Crippen LogP contribution < -0.4 is 10.0 Å². The quantitative estimate of drug-likeness (QED) is 0.615. The molecule has 1 aromatic heterocycles. The lowest BCUT2D eigenvalue weighted by atomic mass is 10.1. The molecule has 118 valence electrons. The first-order valence-corrected chi connectivity index (χ1v) is 9.09. The largest absolute Gasteiger partial charge is 0.374 e. The van der Waals surface area contributed by atoms with Crippen molar-refractivity contribution in [3.8, 4) is 0 Å². The first-order valence-electron chi connectivity index (χ1n) is 6.79. The molecular weight excluding hydrogens is 314 g/mol. The van der Waals surface area contributed by atoms with Gasteiger partial charge in [-0.2, -0.15) is 0 Å². The lowest BCUT2D eigenvalue weighted by Crippen LogP contribution is -2.28. The number of thiophene rings is 1. The van der Waals surface area contributed by atoms with Crippen molar-refractivity contribution < 1.29 is 13.3 Å². The van der Waals surface area contributed by atoms with Crippen LogP contribution in [0, 0.1) is 22.0 Å². The summed E-state index contributed by atoms with van der Waals surface area (Å²) in [6.07, 6.45) is 3.17. The number of nitrogens with zero attached hydrogens (tertiary/aromatic N) is 1. The van der Waals surface area contributed by atoms with E-state index in [1.807, 2.05) is 0 Å². The predicted molar refractivity (Wildman–Crippen MR) is 82.2 cm³/mol. The highest BCUT2D eigenvalue weighted by atomic mass is 32.2. The SMILES string of the molecule is CNc1sc(S(=O)(=O)NCC2CCC(C)C2)cc1[N+](=O)[O-]. The zero-order chi connectivity index (χ0) is 15.6. The van der Waals surface area contributed by atoms with Crippen LogP contribution in [0.2, 0.25) is 0 Å². The van der Waals surface area contributed by atoms with Gasteiger partial charge in [-0.3, -0.25) is 10.1 Å². The number of hydrogen-bond donors (Lipinski definition) is 2. The fraction of sp³-hybridized carbons (Fsp3) is 0.667. The maximum Gasteiger partial charge on any atom is 0.304 e. The minimum absolute atomic E-state index is 0.0235. The average molecular weight is 333 g/mol. The van der Waals surface area contributed by atoms with Gasteiger partial charge in [0.15, 0.2) is 5.00 Å². The van der Waals surface area contributed by atoms with Crippen molar-refractivity contribution in [2.24, 2.45) is 11.8 Å². The smallest absolute Gasteiger partial charge is 0.304 e. The van der Waals surface area contributed by atoms with Gasteiger partial charge in [-0.15, -0.1) is 0 Å². The van der Waals surface area contributed by atoms with E-state index < -0.39 is 14.9 Å². The normalized spacial score (nSPS) is 22.4. The number of nitro groups is 1. The lowest BCUT2D eigenvalue weighted by molar-refractivity contribution is -0.383. The van der Waals surface area contributed by atoms with Crippen molar-refractivity contribution in [2.45, 2.75) is 30.4 Å². The molecule has 1 saturated carbocycles. The minimum Gasteiger partial charge on any atom is -0.374 e. The van der Waals surface area contributed by atoms with Crippen molar-refractivity contribution in [2.75, 3.05) is 18.9 Å². The second kappa shape index (κ2) is 6.29. The van der Waals surface area contributed by atoms with Gasteiger partial charge in [0, 0.05) is 19.7 Å². The monoisotopic (exact) mass is 333 g/mol. The molecule has 7 nitrogen and oxygen atoms in total. The Hall–Kier alpha value is -1.19. The summed E-state index contributed by atoms with van der Waals surface area (Å²) < 4.78 is 27.0. The fourth-order valence-electron chi connectivity index (χ4n) is 2.62. The predicted octanol–water partition coefficient (Wildman–Crippen LogP) is 2.41. The van der Waals surface area contributed by atoms with Crippen LogP contribution in [0.3, 0.4) is 0 Å². The minimum atomic E-state index is -3.69. The van der Waals surface area contributed by atoms with Crippen molar-refractivity contribution in [3.05, 3.63) is 16.2 Å². The first-order chi connectivity index (χ1) is 9.83. The third-order valence-electron chi connectivity index (χ3n) is 3.74. The van der Waals surface area contributed by atoms with Crippen molar-refractivity contribution in [1.82, 2.24) is 4.72 Å². The van der Waals surface area contributed by atoms with E-state index in [-0.39, 0.29) is 14.9 Å². The van der Waals surface area contributed by atoms with Gasteiger partial charge >= 0.3 is 5.69 Å². The van der Waals surface area contributed by atoms with E-state index in [0.717, 1.165) is 36.7 Å². The molecule has 9 heteroatoms. The van der Waals surface area contributed by atoms with Gasteiger partial charge in [0.25, 0.3) is 0 Å². The van der Waals surface area contributed by atoms with Gasteiger partial charge in [0.2, 0.25) is 10.0 Å². The summed E-state index contributed by atoms with van der Waals surface area (Å²) in [5.74, 6) is 0.992. The van der Waals surface area contributed by atoms with Crippen LogP contribution in [0.15, 0.2) is 10.3 Å². The Morgan fingerprint density at radius 3 is 2.67 bits per heavy atom. The van der Waals surface area contributed by atoms with Gasteiger partial charge in [0.1, 0.15) is 4.21 Å². The Morgan fingerprint density at radius 2 is 2.19 bits per heavy atom. The summed E-state index contributed by atoms with van der Waals surface area (Å²) in [5, 5.41) is 13.8. The number of sulfonamides is 1.